The summed E-state index contributed by atoms with van der Waals surface area (Å²) in [4.78, 5) is 12.5. The van der Waals surface area contributed by atoms with Gasteiger partial charge in [0.05, 0.1) is 17.7 Å². The second kappa shape index (κ2) is 8.33. The number of methoxy groups -OCH3 is 1. The highest BCUT2D eigenvalue weighted by Crippen LogP contribution is 2.23. The average molecular weight is 383 g/mol. The van der Waals surface area contributed by atoms with Gasteiger partial charge in [0.1, 0.15) is 11.8 Å². The molecule has 0 bridgehead atoms. The highest BCUT2D eigenvalue weighted by molar-refractivity contribution is 7.89. The molecular weight excluding hydrogens is 364 g/mol. The van der Waals surface area contributed by atoms with Crippen LogP contribution < -0.4 is 14.8 Å². The zero-order valence-corrected chi connectivity index (χ0v) is 15.4. The van der Waals surface area contributed by atoms with E-state index in [1.807, 2.05) is 0 Å². The van der Waals surface area contributed by atoms with E-state index in [4.69, 9.17) is 16.3 Å². The monoisotopic (exact) mass is 382 g/mol. The lowest BCUT2D eigenvalue weighted by atomic mass is 10.2. The van der Waals surface area contributed by atoms with Gasteiger partial charge >= 0.3 is 0 Å². The van der Waals surface area contributed by atoms with Gasteiger partial charge in [-0.3, -0.25) is 4.79 Å². The maximum absolute atomic E-state index is 12.5. The number of benzene rings is 2. The lowest BCUT2D eigenvalue weighted by Crippen LogP contribution is -2.43. The summed E-state index contributed by atoms with van der Waals surface area (Å²) >= 11 is 5.77. The van der Waals surface area contributed by atoms with Gasteiger partial charge in [0, 0.05) is 5.02 Å². The van der Waals surface area contributed by atoms with Gasteiger partial charge in [-0.2, -0.15) is 4.72 Å². The van der Waals surface area contributed by atoms with Crippen LogP contribution in [0.2, 0.25) is 5.02 Å². The van der Waals surface area contributed by atoms with Crippen LogP contribution in [-0.2, 0) is 14.8 Å². The molecule has 0 aliphatic heterocycles. The first-order valence-electron chi connectivity index (χ1n) is 7.59. The molecule has 0 saturated heterocycles. The van der Waals surface area contributed by atoms with Crippen LogP contribution in [0.1, 0.15) is 13.3 Å². The van der Waals surface area contributed by atoms with Crippen LogP contribution in [0.25, 0.3) is 0 Å². The third-order valence-corrected chi connectivity index (χ3v) is 5.25. The van der Waals surface area contributed by atoms with E-state index in [1.165, 1.54) is 31.4 Å². The molecule has 25 heavy (non-hydrogen) atoms. The minimum atomic E-state index is -3.84. The van der Waals surface area contributed by atoms with Crippen molar-refractivity contribution in [2.24, 2.45) is 0 Å². The Morgan fingerprint density at radius 1 is 1.16 bits per heavy atom. The molecule has 2 aromatic carbocycles. The van der Waals surface area contributed by atoms with Gasteiger partial charge in [-0.1, -0.05) is 30.7 Å². The van der Waals surface area contributed by atoms with Crippen molar-refractivity contribution in [3.63, 3.8) is 0 Å². The molecule has 2 N–H and O–H groups in total. The molecule has 2 rings (SSSR count). The van der Waals surface area contributed by atoms with Gasteiger partial charge in [-0.05, 0) is 42.8 Å². The number of hydrogen-bond donors (Lipinski definition) is 2. The molecule has 0 radical (unpaired) electrons. The maximum Gasteiger partial charge on any atom is 0.242 e. The molecule has 6 nitrogen and oxygen atoms in total. The summed E-state index contributed by atoms with van der Waals surface area (Å²) in [5.41, 5.74) is 0.471. The first-order valence-corrected chi connectivity index (χ1v) is 9.45. The molecule has 134 valence electrons. The molecule has 2 aromatic rings. The van der Waals surface area contributed by atoms with E-state index in [9.17, 15) is 13.2 Å². The van der Waals surface area contributed by atoms with Crippen molar-refractivity contribution >= 4 is 33.2 Å². The van der Waals surface area contributed by atoms with E-state index in [0.717, 1.165) is 0 Å². The number of carbonyl (C=O) groups is 1. The zero-order chi connectivity index (χ0) is 18.4. The molecule has 8 heteroatoms. The number of para-hydroxylation sites is 2. The van der Waals surface area contributed by atoms with Gasteiger partial charge in [0.15, 0.2) is 0 Å². The van der Waals surface area contributed by atoms with E-state index < -0.39 is 22.0 Å². The Kier molecular flexibility index (Phi) is 6.41. The van der Waals surface area contributed by atoms with Crippen LogP contribution in [0.3, 0.4) is 0 Å². The van der Waals surface area contributed by atoms with Crippen LogP contribution in [0.5, 0.6) is 5.75 Å². The second-order valence-corrected chi connectivity index (χ2v) is 7.38. The van der Waals surface area contributed by atoms with Gasteiger partial charge < -0.3 is 10.1 Å². The van der Waals surface area contributed by atoms with Crippen LogP contribution >= 0.6 is 11.6 Å². The number of halogens is 1. The lowest BCUT2D eigenvalue weighted by Gasteiger charge is -2.18. The molecule has 0 fully saturated rings. The third kappa shape index (κ3) is 4.94. The molecule has 0 spiro atoms. The van der Waals surface area contributed by atoms with E-state index in [2.05, 4.69) is 10.0 Å². The highest BCUT2D eigenvalue weighted by Gasteiger charge is 2.25. The van der Waals surface area contributed by atoms with Crippen molar-refractivity contribution in [1.29, 1.82) is 0 Å². The number of carbonyl (C=O) groups excluding carboxylic acids is 1. The summed E-state index contributed by atoms with van der Waals surface area (Å²) < 4.78 is 32.5. The first kappa shape index (κ1) is 19.2. The molecule has 1 unspecified atom stereocenters. The maximum atomic E-state index is 12.5. The van der Waals surface area contributed by atoms with Crippen molar-refractivity contribution in [2.75, 3.05) is 12.4 Å². The van der Waals surface area contributed by atoms with Crippen molar-refractivity contribution < 1.29 is 17.9 Å². The number of rotatable bonds is 7. The fraction of sp³-hybridized carbons (Fsp3) is 0.235. The van der Waals surface area contributed by atoms with Gasteiger partial charge in [-0.25, -0.2) is 8.42 Å². The topological polar surface area (TPSA) is 84.5 Å². The number of anilines is 1. The Bertz CT molecular complexity index is 838. The Morgan fingerprint density at radius 2 is 1.80 bits per heavy atom. The number of sulfonamides is 1. The van der Waals surface area contributed by atoms with E-state index in [-0.39, 0.29) is 11.3 Å². The van der Waals surface area contributed by atoms with Gasteiger partial charge in [0.25, 0.3) is 0 Å². The first-order chi connectivity index (χ1) is 11.9. The summed E-state index contributed by atoms with van der Waals surface area (Å²) in [5, 5.41) is 3.11. The summed E-state index contributed by atoms with van der Waals surface area (Å²) in [6.45, 7) is 1.72. The normalized spacial score (nSPS) is 12.4. The molecule has 0 aromatic heterocycles. The summed E-state index contributed by atoms with van der Waals surface area (Å²) in [5.74, 6) is 0.0239. The van der Waals surface area contributed by atoms with Crippen molar-refractivity contribution in [1.82, 2.24) is 4.72 Å². The van der Waals surface area contributed by atoms with Gasteiger partial charge in [-0.15, -0.1) is 0 Å². The van der Waals surface area contributed by atoms with Crippen molar-refractivity contribution in [3.05, 3.63) is 53.6 Å². The molecule has 1 atom stereocenters. The Morgan fingerprint density at radius 3 is 2.40 bits per heavy atom. The zero-order valence-electron chi connectivity index (χ0n) is 13.8. The number of ether oxygens (including phenoxy) is 1. The fourth-order valence-corrected chi connectivity index (χ4v) is 3.56. The number of hydrogen-bond acceptors (Lipinski definition) is 4. The Hall–Kier alpha value is -2.09. The predicted molar refractivity (Wildman–Crippen MR) is 97.5 cm³/mol. The highest BCUT2D eigenvalue weighted by atomic mass is 35.5. The summed E-state index contributed by atoms with van der Waals surface area (Å²) in [7, 11) is -2.35. The third-order valence-electron chi connectivity index (χ3n) is 3.51. The van der Waals surface area contributed by atoms with Crippen LogP contribution in [0.4, 0.5) is 5.69 Å². The molecule has 0 saturated carbocycles. The van der Waals surface area contributed by atoms with E-state index in [1.54, 1.807) is 31.2 Å². The largest absolute Gasteiger partial charge is 0.495 e. The van der Waals surface area contributed by atoms with Crippen LogP contribution in [-0.4, -0.2) is 27.5 Å². The minimum absolute atomic E-state index is 0.0421. The smallest absolute Gasteiger partial charge is 0.242 e. The van der Waals surface area contributed by atoms with Crippen LogP contribution in [0.15, 0.2) is 53.4 Å². The minimum Gasteiger partial charge on any atom is -0.495 e. The van der Waals surface area contributed by atoms with E-state index >= 15 is 0 Å². The molecule has 1 amide bonds. The van der Waals surface area contributed by atoms with Crippen molar-refractivity contribution in [2.45, 2.75) is 24.3 Å². The standard InChI is InChI=1S/C17H19ClN2O4S/c1-3-14(17(21)19-15-6-4-5-7-16(15)24-2)20-25(22,23)13-10-8-12(18)9-11-13/h4-11,14,20H,3H2,1-2H3,(H,19,21). The molecular formula is C17H19ClN2O4S. The van der Waals surface area contributed by atoms with E-state index in [0.29, 0.717) is 16.5 Å². The lowest BCUT2D eigenvalue weighted by molar-refractivity contribution is -0.117. The molecule has 0 heterocycles. The fourth-order valence-electron chi connectivity index (χ4n) is 2.16. The summed E-state index contributed by atoms with van der Waals surface area (Å²) in [6.07, 6.45) is 0.286. The Balaban J connectivity index is 2.16. The second-order valence-electron chi connectivity index (χ2n) is 5.23. The molecule has 0 aliphatic rings. The van der Waals surface area contributed by atoms with Crippen molar-refractivity contribution in [3.8, 4) is 5.75 Å². The average Bonchev–Trinajstić information content (AvgIpc) is 2.60. The SMILES string of the molecule is CCC(NS(=O)(=O)c1ccc(Cl)cc1)C(=O)Nc1ccccc1OC. The predicted octanol–water partition coefficient (Wildman–Crippen LogP) is 3.04. The summed E-state index contributed by atoms with van der Waals surface area (Å²) in [6, 6.07) is 11.7. The quantitative estimate of drug-likeness (QED) is 0.770. The Labute approximate surface area is 152 Å². The molecule has 0 aliphatic carbocycles. The van der Waals surface area contributed by atoms with Gasteiger partial charge in [0.2, 0.25) is 15.9 Å². The number of nitrogens with one attached hydrogen (secondary N) is 2. The number of amides is 1. The van der Waals surface area contributed by atoms with Crippen LogP contribution in [0, 0.1) is 0 Å².